The number of para-hydroxylation sites is 2. The van der Waals surface area contributed by atoms with Crippen molar-refractivity contribution in [1.82, 2.24) is 19.1 Å². The topological polar surface area (TPSA) is 35.6 Å². The van der Waals surface area contributed by atoms with Gasteiger partial charge in [-0.3, -0.25) is 9.97 Å². The van der Waals surface area contributed by atoms with E-state index in [1.54, 1.807) is 0 Å². The molecule has 4 aromatic heterocycles. The molecule has 4 heteroatoms. The lowest BCUT2D eigenvalue weighted by Gasteiger charge is -2.09. The molecule has 0 radical (unpaired) electrons. The molecule has 0 atom stereocenters. The Labute approximate surface area is 196 Å². The van der Waals surface area contributed by atoms with Crippen LogP contribution in [0.2, 0.25) is 0 Å². The van der Waals surface area contributed by atoms with Crippen molar-refractivity contribution in [3.63, 3.8) is 0 Å². The Morgan fingerprint density at radius 3 is 2.00 bits per heavy atom. The maximum atomic E-state index is 4.34. The van der Waals surface area contributed by atoms with Crippen molar-refractivity contribution in [3.8, 4) is 5.69 Å². The molecule has 7 rings (SSSR count). The molecule has 0 saturated heterocycles. The van der Waals surface area contributed by atoms with Crippen LogP contribution in [0.1, 0.15) is 5.56 Å². The van der Waals surface area contributed by atoms with E-state index in [1.165, 1.54) is 44.1 Å². The quantitative estimate of drug-likeness (QED) is 0.299. The molecular weight excluding hydrogens is 416 g/mol. The number of hydrogen-bond donors (Lipinski definition) is 0. The van der Waals surface area contributed by atoms with Crippen molar-refractivity contribution >= 4 is 43.6 Å². The van der Waals surface area contributed by atoms with E-state index in [4.69, 9.17) is 0 Å². The maximum absolute atomic E-state index is 4.34. The van der Waals surface area contributed by atoms with E-state index in [1.807, 2.05) is 24.8 Å². The van der Waals surface area contributed by atoms with Crippen LogP contribution in [0, 0.1) is 0 Å². The lowest BCUT2D eigenvalue weighted by atomic mass is 10.1. The average Bonchev–Trinajstić information content (AvgIpc) is 3.40. The van der Waals surface area contributed by atoms with Crippen LogP contribution in [-0.4, -0.2) is 19.1 Å². The molecule has 0 N–H and O–H groups in total. The Morgan fingerprint density at radius 2 is 1.24 bits per heavy atom. The average molecular weight is 439 g/mol. The summed E-state index contributed by atoms with van der Waals surface area (Å²) in [5, 5.41) is 4.91. The Balaban J connectivity index is 1.34. The third-order valence-corrected chi connectivity index (χ3v) is 6.84. The number of nitrogens with zero attached hydrogens (tertiary/aromatic N) is 4. The van der Waals surface area contributed by atoms with E-state index in [2.05, 4.69) is 104 Å². The number of aryl methyl sites for hydroxylation is 2. The van der Waals surface area contributed by atoms with Gasteiger partial charge in [-0.2, -0.15) is 0 Å². The molecule has 3 aromatic carbocycles. The monoisotopic (exact) mass is 438 g/mol. The molecule has 7 aromatic rings. The summed E-state index contributed by atoms with van der Waals surface area (Å²) in [5.74, 6) is 0. The van der Waals surface area contributed by atoms with Crippen LogP contribution in [0.4, 0.5) is 0 Å². The van der Waals surface area contributed by atoms with Gasteiger partial charge in [-0.25, -0.2) is 0 Å². The first kappa shape index (κ1) is 19.1. The summed E-state index contributed by atoms with van der Waals surface area (Å²) in [6.07, 6.45) is 8.58. The van der Waals surface area contributed by atoms with E-state index >= 15 is 0 Å². The van der Waals surface area contributed by atoms with E-state index in [9.17, 15) is 0 Å². The molecular formula is C30H22N4. The highest BCUT2D eigenvalue weighted by Gasteiger charge is 2.14. The van der Waals surface area contributed by atoms with E-state index in [0.717, 1.165) is 23.7 Å². The minimum absolute atomic E-state index is 0.900. The zero-order valence-electron chi connectivity index (χ0n) is 18.6. The number of fused-ring (bicyclic) bond motifs is 6. The second-order valence-electron chi connectivity index (χ2n) is 8.73. The van der Waals surface area contributed by atoms with Crippen LogP contribution in [0.15, 0.2) is 110 Å². The smallest absolute Gasteiger partial charge is 0.0541 e. The van der Waals surface area contributed by atoms with E-state index in [0.29, 0.717) is 0 Å². The number of hydrogen-bond acceptors (Lipinski definition) is 2. The molecule has 0 aliphatic heterocycles. The zero-order valence-corrected chi connectivity index (χ0v) is 18.6. The van der Waals surface area contributed by atoms with Crippen molar-refractivity contribution in [2.24, 2.45) is 0 Å². The summed E-state index contributed by atoms with van der Waals surface area (Å²) in [5.41, 5.74) is 7.42. The lowest BCUT2D eigenvalue weighted by Crippen LogP contribution is -2.01. The van der Waals surface area contributed by atoms with Crippen LogP contribution in [0.3, 0.4) is 0 Å². The van der Waals surface area contributed by atoms with Gasteiger partial charge in [-0.1, -0.05) is 42.5 Å². The van der Waals surface area contributed by atoms with Gasteiger partial charge in [0.25, 0.3) is 0 Å². The minimum Gasteiger partial charge on any atom is -0.340 e. The lowest BCUT2D eigenvalue weighted by molar-refractivity contribution is 0.745. The van der Waals surface area contributed by atoms with E-state index in [-0.39, 0.29) is 0 Å². The van der Waals surface area contributed by atoms with Crippen molar-refractivity contribution < 1.29 is 0 Å². The normalized spacial score (nSPS) is 11.8. The predicted molar refractivity (Wildman–Crippen MR) is 140 cm³/mol. The predicted octanol–water partition coefficient (Wildman–Crippen LogP) is 6.92. The second-order valence-corrected chi connectivity index (χ2v) is 8.73. The highest BCUT2D eigenvalue weighted by molar-refractivity contribution is 6.09. The molecule has 0 aliphatic rings. The van der Waals surface area contributed by atoms with Gasteiger partial charge in [0.1, 0.15) is 0 Å². The molecule has 162 valence electrons. The fraction of sp³-hybridized carbons (Fsp3) is 0.0667. The van der Waals surface area contributed by atoms with Gasteiger partial charge in [-0.15, -0.1) is 0 Å². The van der Waals surface area contributed by atoms with Gasteiger partial charge in [0.05, 0.1) is 22.1 Å². The first-order valence-corrected chi connectivity index (χ1v) is 11.6. The maximum Gasteiger partial charge on any atom is 0.0541 e. The minimum atomic E-state index is 0.900. The summed E-state index contributed by atoms with van der Waals surface area (Å²) < 4.78 is 4.76. The molecule has 0 spiro atoms. The zero-order chi connectivity index (χ0) is 22.5. The molecule has 4 nitrogen and oxygen atoms in total. The molecule has 0 fully saturated rings. The van der Waals surface area contributed by atoms with Crippen LogP contribution in [0.5, 0.6) is 0 Å². The summed E-state index contributed by atoms with van der Waals surface area (Å²) >= 11 is 0. The standard InChI is InChI=1S/C30H22N4/c1-2-6-22(7-3-1)34-29-9-5-4-8-23(29)24-18-21(10-11-30(24)34)14-17-33-27-12-15-31-19-25(27)26-20-32-16-13-28(26)33/h1-13,15-16,18-20H,14,17H2. The summed E-state index contributed by atoms with van der Waals surface area (Å²) in [6, 6.07) is 30.4. The molecule has 0 bridgehead atoms. The third-order valence-electron chi connectivity index (χ3n) is 6.84. The molecule has 0 saturated carbocycles. The van der Waals surface area contributed by atoms with Crippen LogP contribution < -0.4 is 0 Å². The summed E-state index contributed by atoms with van der Waals surface area (Å²) in [7, 11) is 0. The Morgan fingerprint density at radius 1 is 0.559 bits per heavy atom. The van der Waals surface area contributed by atoms with Crippen LogP contribution in [-0.2, 0) is 13.0 Å². The number of rotatable bonds is 4. The van der Waals surface area contributed by atoms with Crippen molar-refractivity contribution in [2.75, 3.05) is 0 Å². The largest absolute Gasteiger partial charge is 0.340 e. The van der Waals surface area contributed by atoms with Crippen molar-refractivity contribution in [2.45, 2.75) is 13.0 Å². The van der Waals surface area contributed by atoms with Crippen LogP contribution in [0.25, 0.3) is 49.3 Å². The SMILES string of the molecule is c1ccc(-n2c3ccccc3c3cc(CCn4c5ccncc5c5cnccc54)ccc32)cc1. The first-order chi connectivity index (χ1) is 16.9. The van der Waals surface area contributed by atoms with Crippen LogP contribution >= 0.6 is 0 Å². The fourth-order valence-electron chi connectivity index (χ4n) is 5.30. The van der Waals surface area contributed by atoms with E-state index < -0.39 is 0 Å². The highest BCUT2D eigenvalue weighted by atomic mass is 15.0. The summed E-state index contributed by atoms with van der Waals surface area (Å²) in [6.45, 7) is 0.900. The number of pyridine rings is 2. The Bertz CT molecular complexity index is 1760. The first-order valence-electron chi connectivity index (χ1n) is 11.6. The third kappa shape index (κ3) is 2.85. The molecule has 0 aliphatic carbocycles. The highest BCUT2D eigenvalue weighted by Crippen LogP contribution is 2.33. The molecule has 34 heavy (non-hydrogen) atoms. The fourth-order valence-corrected chi connectivity index (χ4v) is 5.30. The van der Waals surface area contributed by atoms with Crippen molar-refractivity contribution in [3.05, 3.63) is 115 Å². The summed E-state index contributed by atoms with van der Waals surface area (Å²) in [4.78, 5) is 8.68. The molecule has 0 amide bonds. The molecule has 4 heterocycles. The Kier molecular flexibility index (Phi) is 4.24. The van der Waals surface area contributed by atoms with Gasteiger partial charge >= 0.3 is 0 Å². The van der Waals surface area contributed by atoms with Gasteiger partial charge in [0, 0.05) is 58.6 Å². The van der Waals surface area contributed by atoms with Crippen molar-refractivity contribution in [1.29, 1.82) is 0 Å². The molecule has 0 unspecified atom stereocenters. The Hall–Kier alpha value is -4.44. The van der Waals surface area contributed by atoms with Gasteiger partial charge in [0.15, 0.2) is 0 Å². The number of benzene rings is 3. The van der Waals surface area contributed by atoms with Gasteiger partial charge in [0.2, 0.25) is 0 Å². The van der Waals surface area contributed by atoms with Gasteiger partial charge < -0.3 is 9.13 Å². The van der Waals surface area contributed by atoms with Gasteiger partial charge in [-0.05, 0) is 54.4 Å². The second kappa shape index (κ2) is 7.56. The number of aromatic nitrogens is 4.